The van der Waals surface area contributed by atoms with Gasteiger partial charge < -0.3 is 10.2 Å². The number of carbonyl (C=O) groups is 2. The molecule has 0 bridgehead atoms. The highest BCUT2D eigenvalue weighted by molar-refractivity contribution is 7.12. The Bertz CT molecular complexity index is 1000. The van der Waals surface area contributed by atoms with E-state index in [4.69, 9.17) is 0 Å². The van der Waals surface area contributed by atoms with Crippen LogP contribution in [0.5, 0.6) is 0 Å². The summed E-state index contributed by atoms with van der Waals surface area (Å²) in [4.78, 5) is 26.8. The van der Waals surface area contributed by atoms with E-state index in [1.807, 2.05) is 11.4 Å². The van der Waals surface area contributed by atoms with E-state index in [1.165, 1.54) is 22.3 Å². The summed E-state index contributed by atoms with van der Waals surface area (Å²) in [6, 6.07) is 13.7. The van der Waals surface area contributed by atoms with Gasteiger partial charge in [0.05, 0.1) is 10.9 Å². The maximum Gasteiger partial charge on any atom is 0.261 e. The van der Waals surface area contributed by atoms with Gasteiger partial charge in [-0.15, -0.1) is 11.3 Å². The van der Waals surface area contributed by atoms with Crippen molar-refractivity contribution in [1.29, 1.82) is 0 Å². The normalized spacial score (nSPS) is 11.7. The van der Waals surface area contributed by atoms with Crippen molar-refractivity contribution in [2.45, 2.75) is 19.5 Å². The Labute approximate surface area is 171 Å². The topological polar surface area (TPSA) is 49.4 Å². The zero-order valence-corrected chi connectivity index (χ0v) is 16.8. The van der Waals surface area contributed by atoms with E-state index in [9.17, 15) is 18.4 Å². The summed E-state index contributed by atoms with van der Waals surface area (Å²) in [5.41, 5.74) is 1.84. The zero-order chi connectivity index (χ0) is 21.0. The molecule has 29 heavy (non-hydrogen) atoms. The Morgan fingerprint density at radius 2 is 1.79 bits per heavy atom. The van der Waals surface area contributed by atoms with E-state index in [1.54, 1.807) is 44.3 Å². The summed E-state index contributed by atoms with van der Waals surface area (Å²) in [5.74, 6) is -2.24. The fourth-order valence-corrected chi connectivity index (χ4v) is 3.46. The first kappa shape index (κ1) is 20.7. The number of nitrogens with zero attached hydrogens (tertiary/aromatic N) is 1. The minimum Gasteiger partial charge on any atom is -0.347 e. The third-order valence-corrected chi connectivity index (χ3v) is 5.59. The van der Waals surface area contributed by atoms with Crippen molar-refractivity contribution in [3.05, 3.63) is 93.2 Å². The van der Waals surface area contributed by atoms with E-state index < -0.39 is 17.7 Å². The molecule has 4 nitrogen and oxygen atoms in total. The lowest BCUT2D eigenvalue weighted by Crippen LogP contribution is -2.29. The van der Waals surface area contributed by atoms with Gasteiger partial charge >= 0.3 is 0 Å². The number of benzene rings is 2. The first-order chi connectivity index (χ1) is 13.9. The smallest absolute Gasteiger partial charge is 0.261 e. The van der Waals surface area contributed by atoms with Crippen molar-refractivity contribution >= 4 is 23.2 Å². The van der Waals surface area contributed by atoms with Gasteiger partial charge in [0.15, 0.2) is 11.6 Å². The molecular weight excluding hydrogens is 394 g/mol. The summed E-state index contributed by atoms with van der Waals surface area (Å²) < 4.78 is 26.6. The van der Waals surface area contributed by atoms with Crippen LogP contribution >= 0.6 is 11.3 Å². The molecule has 0 fully saturated rings. The van der Waals surface area contributed by atoms with Crippen LogP contribution in [0.3, 0.4) is 0 Å². The molecule has 1 heterocycles. The van der Waals surface area contributed by atoms with Gasteiger partial charge in [-0.25, -0.2) is 8.78 Å². The summed E-state index contributed by atoms with van der Waals surface area (Å²) in [6.45, 7) is 2.10. The SMILES string of the molecule is C[C@H](c1ccc(F)c(F)c1)N(C)C(=O)c1ccc(CNC(=O)c2cccs2)cc1. The lowest BCUT2D eigenvalue weighted by molar-refractivity contribution is 0.0742. The van der Waals surface area contributed by atoms with E-state index >= 15 is 0 Å². The Morgan fingerprint density at radius 3 is 2.41 bits per heavy atom. The highest BCUT2D eigenvalue weighted by Gasteiger charge is 2.20. The Morgan fingerprint density at radius 1 is 1.07 bits per heavy atom. The van der Waals surface area contributed by atoms with Crippen molar-refractivity contribution in [3.63, 3.8) is 0 Å². The first-order valence-electron chi connectivity index (χ1n) is 8.99. The molecule has 0 aliphatic rings. The molecule has 1 atom stereocenters. The van der Waals surface area contributed by atoms with Gasteiger partial charge in [-0.05, 0) is 53.8 Å². The Hall–Kier alpha value is -3.06. The molecular formula is C22H20F2N2O2S. The van der Waals surface area contributed by atoms with Crippen LogP contribution in [-0.4, -0.2) is 23.8 Å². The average molecular weight is 414 g/mol. The zero-order valence-electron chi connectivity index (χ0n) is 16.0. The molecule has 150 valence electrons. The summed E-state index contributed by atoms with van der Waals surface area (Å²) in [5, 5.41) is 4.67. The van der Waals surface area contributed by atoms with Gasteiger partial charge in [0.2, 0.25) is 0 Å². The number of nitrogens with one attached hydrogen (secondary N) is 1. The molecule has 0 saturated heterocycles. The molecule has 3 aromatic rings. The van der Waals surface area contributed by atoms with Crippen molar-refractivity contribution in [3.8, 4) is 0 Å². The standard InChI is InChI=1S/C22H20F2N2O2S/c1-14(17-9-10-18(23)19(24)12-17)26(2)22(28)16-7-5-15(6-8-16)13-25-21(27)20-4-3-11-29-20/h3-12,14H,13H2,1-2H3,(H,25,27)/t14-/m1/s1. The number of amides is 2. The predicted octanol–water partition coefficient (Wildman–Crippen LogP) is 4.79. The minimum atomic E-state index is -0.941. The number of hydrogen-bond acceptors (Lipinski definition) is 3. The number of rotatable bonds is 6. The van der Waals surface area contributed by atoms with Gasteiger partial charge in [0.25, 0.3) is 11.8 Å². The fourth-order valence-electron chi connectivity index (χ4n) is 2.82. The molecule has 2 amide bonds. The molecule has 0 unspecified atom stereocenters. The number of thiophene rings is 1. The van der Waals surface area contributed by atoms with Gasteiger partial charge in [0.1, 0.15) is 0 Å². The third kappa shape index (κ3) is 4.86. The molecule has 0 radical (unpaired) electrons. The van der Waals surface area contributed by atoms with E-state index in [-0.39, 0.29) is 11.8 Å². The van der Waals surface area contributed by atoms with Gasteiger partial charge in [0, 0.05) is 19.2 Å². The van der Waals surface area contributed by atoms with Crippen molar-refractivity contribution in [2.75, 3.05) is 7.05 Å². The molecule has 1 aromatic heterocycles. The van der Waals surface area contributed by atoms with Crippen LogP contribution in [0.1, 0.15) is 44.1 Å². The Kier molecular flexibility index (Phi) is 6.39. The largest absolute Gasteiger partial charge is 0.347 e. The fraction of sp³-hybridized carbons (Fsp3) is 0.182. The molecule has 2 aromatic carbocycles. The molecule has 0 aliphatic carbocycles. The van der Waals surface area contributed by atoms with E-state index in [0.29, 0.717) is 22.5 Å². The molecule has 3 rings (SSSR count). The van der Waals surface area contributed by atoms with Crippen molar-refractivity contribution < 1.29 is 18.4 Å². The lowest BCUT2D eigenvalue weighted by atomic mass is 10.1. The second-order valence-electron chi connectivity index (χ2n) is 6.62. The van der Waals surface area contributed by atoms with Crippen LogP contribution in [-0.2, 0) is 6.54 Å². The number of hydrogen-bond donors (Lipinski definition) is 1. The van der Waals surface area contributed by atoms with Crippen LogP contribution in [0.2, 0.25) is 0 Å². The molecule has 7 heteroatoms. The maximum atomic E-state index is 13.5. The highest BCUT2D eigenvalue weighted by Crippen LogP contribution is 2.22. The lowest BCUT2D eigenvalue weighted by Gasteiger charge is -2.25. The summed E-state index contributed by atoms with van der Waals surface area (Å²) >= 11 is 1.37. The van der Waals surface area contributed by atoms with Gasteiger partial charge in [-0.1, -0.05) is 24.3 Å². The predicted molar refractivity (Wildman–Crippen MR) is 109 cm³/mol. The number of carbonyl (C=O) groups excluding carboxylic acids is 2. The first-order valence-corrected chi connectivity index (χ1v) is 9.87. The monoisotopic (exact) mass is 414 g/mol. The van der Waals surface area contributed by atoms with Crippen molar-refractivity contribution in [1.82, 2.24) is 10.2 Å². The van der Waals surface area contributed by atoms with Crippen molar-refractivity contribution in [2.24, 2.45) is 0 Å². The second-order valence-corrected chi connectivity index (χ2v) is 7.57. The third-order valence-electron chi connectivity index (χ3n) is 4.73. The van der Waals surface area contributed by atoms with Crippen LogP contribution in [0.4, 0.5) is 8.78 Å². The van der Waals surface area contributed by atoms with Crippen LogP contribution < -0.4 is 5.32 Å². The quantitative estimate of drug-likeness (QED) is 0.631. The minimum absolute atomic E-state index is 0.139. The van der Waals surface area contributed by atoms with Crippen LogP contribution in [0, 0.1) is 11.6 Å². The maximum absolute atomic E-state index is 13.5. The average Bonchev–Trinajstić information content (AvgIpc) is 3.28. The van der Waals surface area contributed by atoms with Gasteiger partial charge in [-0.3, -0.25) is 9.59 Å². The molecule has 0 spiro atoms. The van der Waals surface area contributed by atoms with Crippen LogP contribution in [0.25, 0.3) is 0 Å². The Balaban J connectivity index is 1.63. The highest BCUT2D eigenvalue weighted by atomic mass is 32.1. The summed E-state index contributed by atoms with van der Waals surface area (Å²) in [7, 11) is 1.61. The molecule has 1 N–H and O–H groups in total. The van der Waals surface area contributed by atoms with E-state index in [0.717, 1.165) is 17.7 Å². The number of halogens is 2. The van der Waals surface area contributed by atoms with E-state index in [2.05, 4.69) is 5.32 Å². The summed E-state index contributed by atoms with van der Waals surface area (Å²) in [6.07, 6.45) is 0. The molecule has 0 saturated carbocycles. The van der Waals surface area contributed by atoms with Crippen LogP contribution in [0.15, 0.2) is 60.0 Å². The second kappa shape index (κ2) is 8.96. The molecule has 0 aliphatic heterocycles. The van der Waals surface area contributed by atoms with Gasteiger partial charge in [-0.2, -0.15) is 0 Å².